The van der Waals surface area contributed by atoms with E-state index in [1.165, 1.54) is 6.08 Å². The number of pyridine rings is 2. The van der Waals surface area contributed by atoms with Gasteiger partial charge < -0.3 is 16.1 Å². The molecule has 28 heavy (non-hydrogen) atoms. The van der Waals surface area contributed by atoms with Crippen molar-refractivity contribution < 1.29 is 4.79 Å². The van der Waals surface area contributed by atoms with Gasteiger partial charge in [-0.1, -0.05) is 6.58 Å². The Bertz CT molecular complexity index is 1030. The topological polar surface area (TPSA) is 102 Å². The summed E-state index contributed by atoms with van der Waals surface area (Å²) in [5, 5.41) is 5.19. The van der Waals surface area contributed by atoms with Crippen LogP contribution in [0.4, 0.5) is 5.82 Å². The summed E-state index contributed by atoms with van der Waals surface area (Å²) in [5.41, 5.74) is 9.45. The third kappa shape index (κ3) is 3.28. The van der Waals surface area contributed by atoms with Gasteiger partial charge in [-0.2, -0.15) is 0 Å². The summed E-state index contributed by atoms with van der Waals surface area (Å²) in [6.45, 7) is 7.00. The molecule has 3 aromatic heterocycles. The molecular weight excluding hydrogens is 354 g/mol. The highest BCUT2D eigenvalue weighted by atomic mass is 16.1. The van der Waals surface area contributed by atoms with Crippen molar-refractivity contribution >= 4 is 22.9 Å². The number of anilines is 1. The molecule has 4 heterocycles. The quantitative estimate of drug-likeness (QED) is 0.672. The van der Waals surface area contributed by atoms with Gasteiger partial charge in [-0.05, 0) is 50.1 Å². The molecule has 0 aromatic carbocycles. The van der Waals surface area contributed by atoms with E-state index in [4.69, 9.17) is 15.7 Å². The maximum atomic E-state index is 11.6. The molecule has 0 unspecified atom stereocenters. The van der Waals surface area contributed by atoms with Crippen molar-refractivity contribution in [3.05, 3.63) is 48.8 Å². The maximum absolute atomic E-state index is 11.6. The minimum Gasteiger partial charge on any atom is -0.383 e. The lowest BCUT2D eigenvalue weighted by Gasteiger charge is -2.35. The van der Waals surface area contributed by atoms with E-state index in [0.717, 1.165) is 54.2 Å². The number of nitrogens with one attached hydrogen (secondary N) is 1. The number of carbonyl (C=O) groups is 1. The Morgan fingerprint density at radius 2 is 2.07 bits per heavy atom. The van der Waals surface area contributed by atoms with Gasteiger partial charge in [-0.25, -0.2) is 19.6 Å². The summed E-state index contributed by atoms with van der Waals surface area (Å²) in [5.74, 6) is 1.03. The van der Waals surface area contributed by atoms with Crippen molar-refractivity contribution in [1.29, 1.82) is 0 Å². The Kier molecular flexibility index (Phi) is 4.68. The van der Waals surface area contributed by atoms with Crippen molar-refractivity contribution in [2.75, 3.05) is 23.8 Å². The van der Waals surface area contributed by atoms with Gasteiger partial charge in [0.2, 0.25) is 5.91 Å². The Balaban J connectivity index is 1.73. The van der Waals surface area contributed by atoms with E-state index in [-0.39, 0.29) is 11.9 Å². The van der Waals surface area contributed by atoms with E-state index in [1.54, 1.807) is 6.20 Å². The number of nitrogen functional groups attached to an aromatic ring is 1. The number of hydrogen-bond acceptors (Lipinski definition) is 6. The molecule has 3 N–H and O–H groups in total. The van der Waals surface area contributed by atoms with Gasteiger partial charge >= 0.3 is 0 Å². The van der Waals surface area contributed by atoms with Crippen LogP contribution in [0.5, 0.6) is 0 Å². The number of rotatable bonds is 4. The fraction of sp³-hybridized carbons (Fsp3) is 0.300. The van der Waals surface area contributed by atoms with Crippen molar-refractivity contribution in [3.8, 4) is 11.4 Å². The van der Waals surface area contributed by atoms with Crippen LogP contribution in [0.15, 0.2) is 43.1 Å². The second kappa shape index (κ2) is 7.30. The lowest BCUT2D eigenvalue weighted by molar-refractivity contribution is -0.117. The van der Waals surface area contributed by atoms with Gasteiger partial charge in [0.25, 0.3) is 0 Å². The van der Waals surface area contributed by atoms with E-state index >= 15 is 0 Å². The predicted octanol–water partition coefficient (Wildman–Crippen LogP) is 1.79. The number of amides is 1. The summed E-state index contributed by atoms with van der Waals surface area (Å²) in [4.78, 5) is 25.3. The van der Waals surface area contributed by atoms with Gasteiger partial charge in [0.15, 0.2) is 11.5 Å². The molecule has 0 atom stereocenters. The fourth-order valence-corrected chi connectivity index (χ4v) is 3.56. The second-order valence-electron chi connectivity index (χ2n) is 6.92. The number of nitrogens with zero attached hydrogens (tertiary/aromatic N) is 5. The van der Waals surface area contributed by atoms with Crippen LogP contribution in [-0.2, 0) is 4.79 Å². The van der Waals surface area contributed by atoms with Crippen molar-refractivity contribution in [3.63, 3.8) is 0 Å². The molecule has 1 aliphatic heterocycles. The minimum atomic E-state index is -0.132. The lowest BCUT2D eigenvalue weighted by Crippen LogP contribution is -2.48. The number of fused-ring (bicyclic) bond motifs is 1. The molecule has 0 spiro atoms. The number of aryl methyl sites for hydroxylation is 1. The van der Waals surface area contributed by atoms with E-state index in [1.807, 2.05) is 35.9 Å². The van der Waals surface area contributed by atoms with Gasteiger partial charge in [0, 0.05) is 31.0 Å². The molecule has 8 heteroatoms. The molecular formula is C20H23N7O. The first kappa shape index (κ1) is 18.0. The summed E-state index contributed by atoms with van der Waals surface area (Å²) in [7, 11) is 0. The first-order valence-electron chi connectivity index (χ1n) is 9.32. The summed E-state index contributed by atoms with van der Waals surface area (Å²) >= 11 is 0. The van der Waals surface area contributed by atoms with Crippen molar-refractivity contribution in [2.24, 2.45) is 0 Å². The predicted molar refractivity (Wildman–Crippen MR) is 109 cm³/mol. The highest BCUT2D eigenvalue weighted by Gasteiger charge is 2.25. The van der Waals surface area contributed by atoms with Crippen LogP contribution in [0, 0.1) is 6.92 Å². The molecule has 144 valence electrons. The Morgan fingerprint density at radius 3 is 2.79 bits per heavy atom. The number of hydrogen-bond donors (Lipinski definition) is 2. The van der Waals surface area contributed by atoms with E-state index < -0.39 is 0 Å². The van der Waals surface area contributed by atoms with Gasteiger partial charge in [0.1, 0.15) is 11.3 Å². The highest BCUT2D eigenvalue weighted by Crippen LogP contribution is 2.28. The van der Waals surface area contributed by atoms with Crippen LogP contribution in [-0.4, -0.2) is 44.7 Å². The summed E-state index contributed by atoms with van der Waals surface area (Å²) < 4.78 is 2.04. The molecule has 3 aromatic rings. The van der Waals surface area contributed by atoms with E-state index in [0.29, 0.717) is 5.82 Å². The zero-order valence-corrected chi connectivity index (χ0v) is 15.8. The third-order valence-electron chi connectivity index (χ3n) is 4.99. The average molecular weight is 377 g/mol. The first-order valence-corrected chi connectivity index (χ1v) is 9.32. The second-order valence-corrected chi connectivity index (χ2v) is 6.92. The zero-order valence-electron chi connectivity index (χ0n) is 15.8. The number of aromatic nitrogens is 4. The molecule has 1 aliphatic rings. The molecule has 4 rings (SSSR count). The van der Waals surface area contributed by atoms with Crippen LogP contribution >= 0.6 is 0 Å². The van der Waals surface area contributed by atoms with Gasteiger partial charge in [0.05, 0.1) is 5.56 Å². The Hall–Kier alpha value is -3.42. The first-order chi connectivity index (χ1) is 13.6. The molecule has 1 saturated heterocycles. The molecule has 0 aliphatic carbocycles. The number of nitrogens with two attached hydrogens (primary N) is 1. The van der Waals surface area contributed by atoms with Crippen LogP contribution in [0.1, 0.15) is 18.5 Å². The largest absolute Gasteiger partial charge is 0.383 e. The summed E-state index contributed by atoms with van der Waals surface area (Å²) in [6.07, 6.45) is 4.63. The molecule has 0 saturated carbocycles. The minimum absolute atomic E-state index is 0.132. The standard InChI is InChI=1S/C20H23N7O/c1-3-17(28)24-14-8-11-26(12-9-14)27-19(15-5-4-10-22-18(15)21)25-16-7-6-13(2)23-20(16)27/h3-7,10,14H,1,8-9,11-12H2,2H3,(H2,21,22)(H,24,28). The monoisotopic (exact) mass is 377 g/mol. The Morgan fingerprint density at radius 1 is 1.29 bits per heavy atom. The molecule has 0 bridgehead atoms. The van der Waals surface area contributed by atoms with Crippen molar-refractivity contribution in [1.82, 2.24) is 24.9 Å². The van der Waals surface area contributed by atoms with Crippen LogP contribution in [0.2, 0.25) is 0 Å². The third-order valence-corrected chi connectivity index (χ3v) is 4.99. The van der Waals surface area contributed by atoms with Crippen LogP contribution < -0.4 is 16.1 Å². The SMILES string of the molecule is C=CC(=O)NC1CCN(n2c(-c3cccnc3N)nc3ccc(C)nc32)CC1. The lowest BCUT2D eigenvalue weighted by atomic mass is 10.1. The van der Waals surface area contributed by atoms with E-state index in [9.17, 15) is 4.79 Å². The van der Waals surface area contributed by atoms with Crippen LogP contribution in [0.25, 0.3) is 22.6 Å². The van der Waals surface area contributed by atoms with Gasteiger partial charge in [-0.3, -0.25) is 4.79 Å². The average Bonchev–Trinajstić information content (AvgIpc) is 3.07. The Labute approximate surface area is 163 Å². The molecule has 1 amide bonds. The maximum Gasteiger partial charge on any atom is 0.243 e. The highest BCUT2D eigenvalue weighted by molar-refractivity contribution is 5.87. The molecule has 8 nitrogen and oxygen atoms in total. The number of imidazole rings is 1. The van der Waals surface area contributed by atoms with Gasteiger partial charge in [-0.15, -0.1) is 0 Å². The summed E-state index contributed by atoms with van der Waals surface area (Å²) in [6, 6.07) is 7.84. The van der Waals surface area contributed by atoms with E-state index in [2.05, 4.69) is 21.9 Å². The molecule has 1 fully saturated rings. The normalized spacial score (nSPS) is 15.0. The van der Waals surface area contributed by atoms with Crippen LogP contribution in [0.3, 0.4) is 0 Å². The number of piperidine rings is 1. The molecule has 0 radical (unpaired) electrons. The fourth-order valence-electron chi connectivity index (χ4n) is 3.56. The zero-order chi connectivity index (χ0) is 19.7. The number of carbonyl (C=O) groups excluding carboxylic acids is 1. The smallest absolute Gasteiger partial charge is 0.243 e. The van der Waals surface area contributed by atoms with Crippen molar-refractivity contribution in [2.45, 2.75) is 25.8 Å².